The molecule has 0 radical (unpaired) electrons. The Bertz CT molecular complexity index is 765. The highest BCUT2D eigenvalue weighted by atomic mass is 16.5. The largest absolute Gasteiger partial charge is 0.507 e. The van der Waals surface area contributed by atoms with Gasteiger partial charge in [-0.2, -0.15) is 0 Å². The molecule has 0 aliphatic heterocycles. The van der Waals surface area contributed by atoms with Gasteiger partial charge in [0.05, 0.1) is 30.8 Å². The van der Waals surface area contributed by atoms with Crippen molar-refractivity contribution in [3.63, 3.8) is 0 Å². The van der Waals surface area contributed by atoms with Gasteiger partial charge in [0, 0.05) is 6.07 Å². The number of nitrogens with zero attached hydrogens (tertiary/aromatic N) is 1. The van der Waals surface area contributed by atoms with E-state index >= 15 is 0 Å². The average molecular weight is 270 g/mol. The van der Waals surface area contributed by atoms with E-state index in [9.17, 15) is 5.11 Å². The molecule has 1 aromatic heterocycles. The van der Waals surface area contributed by atoms with E-state index in [-0.39, 0.29) is 5.75 Å². The van der Waals surface area contributed by atoms with Gasteiger partial charge in [0.2, 0.25) is 0 Å². The number of nitrogens with one attached hydrogen (secondary N) is 1. The van der Waals surface area contributed by atoms with E-state index < -0.39 is 0 Å². The minimum atomic E-state index is 0.150. The summed E-state index contributed by atoms with van der Waals surface area (Å²) >= 11 is 0. The van der Waals surface area contributed by atoms with Crippen molar-refractivity contribution in [2.45, 2.75) is 0 Å². The van der Waals surface area contributed by atoms with Crippen LogP contribution in [0, 0.1) is 0 Å². The molecule has 0 bridgehead atoms. The summed E-state index contributed by atoms with van der Waals surface area (Å²) in [6.45, 7) is 0. The fourth-order valence-corrected chi connectivity index (χ4v) is 2.08. The number of hydrogen-bond acceptors (Lipinski definition) is 4. The summed E-state index contributed by atoms with van der Waals surface area (Å²) in [5.74, 6) is 2.15. The summed E-state index contributed by atoms with van der Waals surface area (Å²) in [6.07, 6.45) is 0. The molecule has 20 heavy (non-hydrogen) atoms. The monoisotopic (exact) mass is 270 g/mol. The van der Waals surface area contributed by atoms with Crippen molar-refractivity contribution in [1.82, 2.24) is 9.97 Å². The lowest BCUT2D eigenvalue weighted by molar-refractivity contribution is 0.412. The van der Waals surface area contributed by atoms with Crippen LogP contribution in [0.1, 0.15) is 0 Å². The number of aromatic hydroxyl groups is 1. The number of aromatic amines is 1. The molecule has 0 aliphatic rings. The summed E-state index contributed by atoms with van der Waals surface area (Å²) in [7, 11) is 3.20. The fourth-order valence-electron chi connectivity index (χ4n) is 2.08. The molecule has 3 rings (SSSR count). The maximum atomic E-state index is 9.97. The number of methoxy groups -OCH3 is 2. The molecule has 0 saturated heterocycles. The first-order valence-corrected chi connectivity index (χ1v) is 6.12. The lowest BCUT2D eigenvalue weighted by atomic mass is 10.2. The first-order valence-electron chi connectivity index (χ1n) is 6.12. The Morgan fingerprint density at radius 2 is 1.70 bits per heavy atom. The minimum absolute atomic E-state index is 0.150. The highest BCUT2D eigenvalue weighted by Crippen LogP contribution is 2.32. The summed E-state index contributed by atoms with van der Waals surface area (Å²) < 4.78 is 10.3. The Labute approximate surface area is 115 Å². The van der Waals surface area contributed by atoms with Gasteiger partial charge >= 0.3 is 0 Å². The van der Waals surface area contributed by atoms with Gasteiger partial charge in [-0.3, -0.25) is 0 Å². The fraction of sp³-hybridized carbons (Fsp3) is 0.133. The summed E-state index contributed by atoms with van der Waals surface area (Å²) in [4.78, 5) is 7.64. The van der Waals surface area contributed by atoms with Crippen LogP contribution in [0.5, 0.6) is 17.2 Å². The first kappa shape index (κ1) is 12.3. The first-order chi connectivity index (χ1) is 9.71. The summed E-state index contributed by atoms with van der Waals surface area (Å²) in [5.41, 5.74) is 2.25. The van der Waals surface area contributed by atoms with Crippen molar-refractivity contribution in [3.8, 4) is 28.6 Å². The molecule has 0 amide bonds. The quantitative estimate of drug-likeness (QED) is 0.767. The van der Waals surface area contributed by atoms with E-state index in [0.717, 1.165) is 16.8 Å². The van der Waals surface area contributed by atoms with E-state index in [1.807, 2.05) is 18.2 Å². The van der Waals surface area contributed by atoms with Crippen LogP contribution in [0.4, 0.5) is 0 Å². The zero-order valence-corrected chi connectivity index (χ0v) is 11.2. The van der Waals surface area contributed by atoms with Gasteiger partial charge in [-0.15, -0.1) is 0 Å². The number of phenolic OH excluding ortho intramolecular Hbond substituents is 1. The second-order valence-corrected chi connectivity index (χ2v) is 4.35. The Morgan fingerprint density at radius 1 is 1.00 bits per heavy atom. The van der Waals surface area contributed by atoms with Crippen LogP contribution in [0.25, 0.3) is 22.4 Å². The third-order valence-electron chi connectivity index (χ3n) is 3.15. The number of hydrogen-bond donors (Lipinski definition) is 2. The SMILES string of the molecule is COc1ccc(O)c(-c2nc3ccc(OC)cc3[nH]2)c1. The molecule has 0 saturated carbocycles. The maximum absolute atomic E-state index is 9.97. The number of benzene rings is 2. The number of phenols is 1. The van der Waals surface area contributed by atoms with E-state index in [0.29, 0.717) is 17.1 Å². The highest BCUT2D eigenvalue weighted by Gasteiger charge is 2.11. The second-order valence-electron chi connectivity index (χ2n) is 4.35. The molecule has 0 fully saturated rings. The highest BCUT2D eigenvalue weighted by molar-refractivity contribution is 5.82. The molecule has 3 aromatic rings. The van der Waals surface area contributed by atoms with Gasteiger partial charge in [0.25, 0.3) is 0 Å². The summed E-state index contributed by atoms with van der Waals surface area (Å²) in [6, 6.07) is 10.6. The standard InChI is InChI=1S/C15H14N2O3/c1-19-9-4-6-14(18)11(7-9)15-16-12-5-3-10(20-2)8-13(12)17-15/h3-8,18H,1-2H3,(H,16,17). The van der Waals surface area contributed by atoms with E-state index in [2.05, 4.69) is 9.97 Å². The zero-order valence-electron chi connectivity index (χ0n) is 11.2. The number of rotatable bonds is 3. The van der Waals surface area contributed by atoms with Crippen molar-refractivity contribution in [1.29, 1.82) is 0 Å². The van der Waals surface area contributed by atoms with E-state index in [4.69, 9.17) is 9.47 Å². The van der Waals surface area contributed by atoms with Crippen LogP contribution in [-0.2, 0) is 0 Å². The second kappa shape index (κ2) is 4.77. The van der Waals surface area contributed by atoms with Gasteiger partial charge in [0.1, 0.15) is 23.1 Å². The van der Waals surface area contributed by atoms with Crippen LogP contribution >= 0.6 is 0 Å². The van der Waals surface area contributed by atoms with Crippen LogP contribution in [0.2, 0.25) is 0 Å². The third kappa shape index (κ3) is 2.03. The predicted octanol–water partition coefficient (Wildman–Crippen LogP) is 2.95. The van der Waals surface area contributed by atoms with Crippen LogP contribution in [0.3, 0.4) is 0 Å². The van der Waals surface area contributed by atoms with Crippen molar-refractivity contribution in [2.24, 2.45) is 0 Å². The van der Waals surface area contributed by atoms with Gasteiger partial charge in [-0.05, 0) is 30.3 Å². The lowest BCUT2D eigenvalue weighted by Crippen LogP contribution is -1.86. The molecule has 1 heterocycles. The number of ether oxygens (including phenoxy) is 2. The topological polar surface area (TPSA) is 67.4 Å². The molecule has 2 aromatic carbocycles. The van der Waals surface area contributed by atoms with Gasteiger partial charge in [0.15, 0.2) is 0 Å². The number of fused-ring (bicyclic) bond motifs is 1. The Kier molecular flexibility index (Phi) is 2.95. The van der Waals surface area contributed by atoms with Crippen molar-refractivity contribution < 1.29 is 14.6 Å². The van der Waals surface area contributed by atoms with Gasteiger partial charge in [-0.1, -0.05) is 0 Å². The van der Waals surface area contributed by atoms with Crippen molar-refractivity contribution >= 4 is 11.0 Å². The van der Waals surface area contributed by atoms with Crippen LogP contribution in [-0.4, -0.2) is 29.3 Å². The maximum Gasteiger partial charge on any atom is 0.142 e. The molecule has 5 nitrogen and oxygen atoms in total. The predicted molar refractivity (Wildman–Crippen MR) is 76.3 cm³/mol. The average Bonchev–Trinajstić information content (AvgIpc) is 2.90. The van der Waals surface area contributed by atoms with Gasteiger partial charge < -0.3 is 19.6 Å². The van der Waals surface area contributed by atoms with E-state index in [1.165, 1.54) is 0 Å². The smallest absolute Gasteiger partial charge is 0.142 e. The summed E-state index contributed by atoms with van der Waals surface area (Å²) in [5, 5.41) is 9.97. The molecule has 0 aliphatic carbocycles. The zero-order chi connectivity index (χ0) is 14.1. The molecule has 102 valence electrons. The Hall–Kier alpha value is -2.69. The van der Waals surface area contributed by atoms with Crippen LogP contribution in [0.15, 0.2) is 36.4 Å². The van der Waals surface area contributed by atoms with Crippen molar-refractivity contribution in [3.05, 3.63) is 36.4 Å². The van der Waals surface area contributed by atoms with Crippen molar-refractivity contribution in [2.75, 3.05) is 14.2 Å². The lowest BCUT2D eigenvalue weighted by Gasteiger charge is -2.04. The number of imidazole rings is 1. The van der Waals surface area contributed by atoms with E-state index in [1.54, 1.807) is 32.4 Å². The minimum Gasteiger partial charge on any atom is -0.507 e. The number of H-pyrrole nitrogens is 1. The molecule has 5 heteroatoms. The van der Waals surface area contributed by atoms with Crippen LogP contribution < -0.4 is 9.47 Å². The molecule has 0 atom stereocenters. The molecule has 0 spiro atoms. The molecule has 0 unspecified atom stereocenters. The van der Waals surface area contributed by atoms with Gasteiger partial charge in [-0.25, -0.2) is 4.98 Å². The molecular formula is C15H14N2O3. The number of aromatic nitrogens is 2. The molecule has 2 N–H and O–H groups in total. The normalized spacial score (nSPS) is 10.7. The Morgan fingerprint density at radius 3 is 2.45 bits per heavy atom. The Balaban J connectivity index is 2.14. The molecular weight excluding hydrogens is 256 g/mol. The third-order valence-corrected chi connectivity index (χ3v) is 3.15.